The van der Waals surface area contributed by atoms with Gasteiger partial charge >= 0.3 is 0 Å². The molecule has 0 amide bonds. The van der Waals surface area contributed by atoms with Gasteiger partial charge in [-0.15, -0.1) is 23.8 Å². The summed E-state index contributed by atoms with van der Waals surface area (Å²) in [6, 6.07) is 24.8. The second-order valence-electron chi connectivity index (χ2n) is 7.79. The van der Waals surface area contributed by atoms with E-state index in [9.17, 15) is 4.79 Å². The zero-order valence-corrected chi connectivity index (χ0v) is 21.3. The Morgan fingerprint density at radius 3 is 2.52 bits per heavy atom. The molecule has 1 aliphatic rings. The van der Waals surface area contributed by atoms with Crippen molar-refractivity contribution in [3.63, 3.8) is 0 Å². The number of pyridine rings is 1. The predicted molar refractivity (Wildman–Crippen MR) is 135 cm³/mol. The van der Waals surface area contributed by atoms with Crippen molar-refractivity contribution in [2.75, 3.05) is 0 Å². The number of nitrogens with zero attached hydrogens (tertiary/aromatic N) is 1. The van der Waals surface area contributed by atoms with Crippen molar-refractivity contribution in [1.29, 1.82) is 0 Å². The Morgan fingerprint density at radius 2 is 1.76 bits per heavy atom. The van der Waals surface area contributed by atoms with E-state index >= 15 is 0 Å². The molecule has 0 bridgehead atoms. The first-order valence-electron chi connectivity index (χ1n) is 10.3. The second kappa shape index (κ2) is 9.40. The average molecular weight is 627 g/mol. The smallest absolute Gasteiger partial charge is 0.155 e. The van der Waals surface area contributed by atoms with E-state index in [1.54, 1.807) is 0 Å². The van der Waals surface area contributed by atoms with Gasteiger partial charge in [0.2, 0.25) is 0 Å². The Hall–Kier alpha value is -3.11. The number of allylic oxidation sites excluding steroid dienone is 2. The molecule has 6 rings (SSSR count). The van der Waals surface area contributed by atoms with E-state index in [-0.39, 0.29) is 31.6 Å². The Kier molecular flexibility index (Phi) is 6.57. The first-order chi connectivity index (χ1) is 15.5. The van der Waals surface area contributed by atoms with E-state index in [4.69, 9.17) is 10.1 Å². The molecule has 1 radical (unpaired) electrons. The van der Waals surface area contributed by atoms with Crippen LogP contribution < -0.4 is 0 Å². The third-order valence-electron chi connectivity index (χ3n) is 5.34. The molecule has 165 valence electrons. The van der Waals surface area contributed by atoms with Crippen molar-refractivity contribution < 1.29 is 30.0 Å². The third kappa shape index (κ3) is 4.53. The van der Waals surface area contributed by atoms with Crippen molar-refractivity contribution >= 4 is 60.3 Å². The molecule has 0 spiro atoms. The van der Waals surface area contributed by atoms with Crippen LogP contribution in [-0.4, -0.2) is 15.9 Å². The number of benzene rings is 3. The number of aliphatic hydroxyl groups is 1. The number of fused-ring (bicyclic) bond motifs is 3. The van der Waals surface area contributed by atoms with Gasteiger partial charge in [-0.05, 0) is 52.9 Å². The predicted octanol–water partition coefficient (Wildman–Crippen LogP) is 7.59. The molecule has 5 aromatic rings. The monoisotopic (exact) mass is 627 g/mol. The number of carbonyl (C=O) groups is 1. The molecule has 0 saturated carbocycles. The maximum absolute atomic E-state index is 10.0. The molecule has 2 heterocycles. The van der Waals surface area contributed by atoms with Gasteiger partial charge in [0.1, 0.15) is 0 Å². The number of aliphatic hydroxyl groups excluding tert-OH is 1. The zero-order chi connectivity index (χ0) is 22.2. The minimum absolute atomic E-state index is 0. The third-order valence-corrected chi connectivity index (χ3v) is 6.47. The summed E-state index contributed by atoms with van der Waals surface area (Å²) in [6.45, 7) is 2.85. The first kappa shape index (κ1) is 23.1. The molecule has 0 saturated heterocycles. The Labute approximate surface area is 209 Å². The summed E-state index contributed by atoms with van der Waals surface area (Å²) in [7, 11) is 0. The van der Waals surface area contributed by atoms with E-state index in [0.717, 1.165) is 16.8 Å². The van der Waals surface area contributed by atoms with E-state index < -0.39 is 0 Å². The fourth-order valence-electron chi connectivity index (χ4n) is 4.04. The zero-order valence-electron chi connectivity index (χ0n) is 18.0. The van der Waals surface area contributed by atoms with Crippen LogP contribution in [0.2, 0.25) is 0 Å². The van der Waals surface area contributed by atoms with Crippen LogP contribution in [0.25, 0.3) is 54.5 Å². The molecule has 0 atom stereocenters. The number of hydrogen-bond donors (Lipinski definition) is 1. The molecule has 3 nitrogen and oxygen atoms in total. The van der Waals surface area contributed by atoms with Crippen molar-refractivity contribution in [3.8, 4) is 11.3 Å². The fourth-order valence-corrected chi connectivity index (χ4v) is 5.17. The van der Waals surface area contributed by atoms with Crippen LogP contribution >= 0.6 is 11.3 Å². The van der Waals surface area contributed by atoms with Crippen LogP contribution in [0, 0.1) is 6.07 Å². The molecule has 1 N–H and O–H groups in total. The van der Waals surface area contributed by atoms with Gasteiger partial charge in [-0.1, -0.05) is 53.9 Å². The average Bonchev–Trinajstić information content (AvgIpc) is 3.35. The van der Waals surface area contributed by atoms with Crippen LogP contribution in [0.15, 0.2) is 72.5 Å². The van der Waals surface area contributed by atoms with Gasteiger partial charge in [-0.2, -0.15) is 11.3 Å². The van der Waals surface area contributed by atoms with Gasteiger partial charge < -0.3 is 5.11 Å². The van der Waals surface area contributed by atoms with Gasteiger partial charge in [0.25, 0.3) is 0 Å². The van der Waals surface area contributed by atoms with E-state index in [1.165, 1.54) is 56.6 Å². The number of carbonyl (C=O) groups excluding carboxylic acids is 1. The second-order valence-corrected chi connectivity index (χ2v) is 8.87. The van der Waals surface area contributed by atoms with Crippen molar-refractivity contribution in [2.45, 2.75) is 13.8 Å². The quantitative estimate of drug-likeness (QED) is 0.122. The largest absolute Gasteiger partial charge is 0.512 e. The van der Waals surface area contributed by atoms with Gasteiger partial charge in [0.15, 0.2) is 5.78 Å². The molecule has 5 heteroatoms. The molecule has 0 aliphatic heterocycles. The maximum atomic E-state index is 10.0. The molecule has 0 fully saturated rings. The summed E-state index contributed by atoms with van der Waals surface area (Å²) in [5.74, 6) is -0.0625. The standard InChI is InChI=1S/C23H12NS.C5H8O2.Ir/c1-2-7-21-17(5-1)18-11-10-15(13-22(18)25-21)20-12-16-9-8-14-4-3-6-19(24-20)23(14)16;1-4(6)3-5(2)7;/h1-9,11-13H;3,6H,1-2H3;/q-1;;/b;4-3-;. The molecular formula is C28H20IrNO2S-. The molecule has 2 aromatic heterocycles. The van der Waals surface area contributed by atoms with Crippen LogP contribution in [0.3, 0.4) is 0 Å². The van der Waals surface area contributed by atoms with Crippen molar-refractivity contribution in [2.24, 2.45) is 0 Å². The maximum Gasteiger partial charge on any atom is 0.155 e. The normalized spacial score (nSPS) is 12.0. The number of rotatable bonds is 2. The Bertz CT molecular complexity index is 1580. The summed E-state index contributed by atoms with van der Waals surface area (Å²) in [5.41, 5.74) is 5.62. The molecule has 3 aromatic carbocycles. The van der Waals surface area contributed by atoms with E-state index in [0.29, 0.717) is 0 Å². The number of aromatic nitrogens is 1. The van der Waals surface area contributed by atoms with Crippen LogP contribution in [0.4, 0.5) is 0 Å². The Morgan fingerprint density at radius 1 is 0.970 bits per heavy atom. The van der Waals surface area contributed by atoms with Crippen LogP contribution in [-0.2, 0) is 24.9 Å². The number of hydrogen-bond acceptors (Lipinski definition) is 4. The summed E-state index contributed by atoms with van der Waals surface area (Å²) < 4.78 is 2.61. The summed E-state index contributed by atoms with van der Waals surface area (Å²) in [5, 5.41) is 12.2. The number of ketones is 1. The minimum Gasteiger partial charge on any atom is -0.512 e. The van der Waals surface area contributed by atoms with Gasteiger partial charge in [0, 0.05) is 36.3 Å². The molecule has 33 heavy (non-hydrogen) atoms. The number of thiophene rings is 1. The van der Waals surface area contributed by atoms with Gasteiger partial charge in [0.05, 0.1) is 11.3 Å². The van der Waals surface area contributed by atoms with Crippen LogP contribution in [0.5, 0.6) is 0 Å². The first-order valence-corrected chi connectivity index (χ1v) is 11.1. The van der Waals surface area contributed by atoms with Gasteiger partial charge in [-0.3, -0.25) is 9.78 Å². The summed E-state index contributed by atoms with van der Waals surface area (Å²) in [4.78, 5) is 14.9. The SMILES string of the molecule is CC(=O)/C=C(/C)O.[Ir].[c-]1cc2c(cc1-c1cc3c4c(cccc4n1)C=C3)sc1ccccc12. The van der Waals surface area contributed by atoms with Gasteiger partial charge in [-0.25, -0.2) is 0 Å². The molecule has 1 aliphatic carbocycles. The summed E-state index contributed by atoms with van der Waals surface area (Å²) in [6.07, 6.45) is 5.52. The van der Waals surface area contributed by atoms with Crippen molar-refractivity contribution in [3.05, 3.63) is 89.7 Å². The minimum atomic E-state index is -0.125. The molecular weight excluding hydrogens is 607 g/mol. The van der Waals surface area contributed by atoms with E-state index in [2.05, 4.69) is 78.9 Å². The fraction of sp³-hybridized carbons (Fsp3) is 0.0714. The van der Waals surface area contributed by atoms with Crippen molar-refractivity contribution in [1.82, 2.24) is 4.98 Å². The molecule has 0 unspecified atom stereocenters. The van der Waals surface area contributed by atoms with Crippen LogP contribution in [0.1, 0.15) is 25.0 Å². The topological polar surface area (TPSA) is 50.2 Å². The Balaban J connectivity index is 0.000000287. The summed E-state index contributed by atoms with van der Waals surface area (Å²) >= 11 is 1.83. The van der Waals surface area contributed by atoms with E-state index in [1.807, 2.05) is 11.3 Å².